The average molecular weight is 324 g/mol. The molecule has 0 saturated carbocycles. The quantitative estimate of drug-likeness (QED) is 0.505. The lowest BCUT2D eigenvalue weighted by atomic mass is 9.90. The van der Waals surface area contributed by atoms with Crippen molar-refractivity contribution in [1.82, 2.24) is 0 Å². The van der Waals surface area contributed by atoms with Gasteiger partial charge in [0, 0.05) is 0 Å². The summed E-state index contributed by atoms with van der Waals surface area (Å²) < 4.78 is 16.5. The van der Waals surface area contributed by atoms with Gasteiger partial charge in [0.05, 0.1) is 25.1 Å². The summed E-state index contributed by atoms with van der Waals surface area (Å²) in [4.78, 5) is 25.6. The minimum absolute atomic E-state index is 0.0428. The van der Waals surface area contributed by atoms with Crippen molar-refractivity contribution < 1.29 is 23.8 Å². The Balaban J connectivity index is 3.31. The number of hydrogen-bond donors (Lipinski definition) is 0. The number of hydrogen-bond acceptors (Lipinski definition) is 5. The number of ether oxygens (including phenoxy) is 3. The van der Waals surface area contributed by atoms with Crippen molar-refractivity contribution in [3.8, 4) is 0 Å². The Morgan fingerprint density at radius 1 is 1.00 bits per heavy atom. The fourth-order valence-corrected chi connectivity index (χ4v) is 2.54. The number of carbonyl (C=O) groups excluding carboxylic acids is 2. The Hall–Kier alpha value is -1.78. The summed E-state index contributed by atoms with van der Waals surface area (Å²) in [5.74, 6) is -0.869. The topological polar surface area (TPSA) is 61.8 Å². The van der Waals surface area contributed by atoms with E-state index in [2.05, 4.69) is 0 Å². The van der Waals surface area contributed by atoms with Crippen LogP contribution in [0, 0.1) is 5.92 Å². The minimum Gasteiger partial charge on any atom is -0.501 e. The highest BCUT2D eigenvalue weighted by atomic mass is 16.5. The first kappa shape index (κ1) is 19.3. The Morgan fingerprint density at radius 2 is 1.43 bits per heavy atom. The molecule has 0 radical (unpaired) electrons. The van der Waals surface area contributed by atoms with Crippen LogP contribution in [0.5, 0.6) is 0 Å². The molecule has 0 atom stereocenters. The molecule has 0 spiro atoms. The highest BCUT2D eigenvalue weighted by Gasteiger charge is 2.47. The SMILES string of the molecule is CCC/C(=C(/C)OC)C1C(=O)C(OC(C)C)=C(OC(C)C)C1=O. The van der Waals surface area contributed by atoms with Crippen molar-refractivity contribution in [3.63, 3.8) is 0 Å². The second-order valence-corrected chi connectivity index (χ2v) is 6.19. The molecular formula is C18H28O5. The maximum absolute atomic E-state index is 12.8. The molecule has 5 heteroatoms. The summed E-state index contributed by atoms with van der Waals surface area (Å²) in [6.45, 7) is 11.0. The van der Waals surface area contributed by atoms with Crippen molar-refractivity contribution >= 4 is 11.6 Å². The van der Waals surface area contributed by atoms with E-state index in [1.807, 2.05) is 34.6 Å². The molecule has 1 aliphatic rings. The normalized spacial score (nSPS) is 17.3. The van der Waals surface area contributed by atoms with Crippen LogP contribution in [-0.2, 0) is 23.8 Å². The molecule has 0 amide bonds. The Morgan fingerprint density at radius 3 is 1.74 bits per heavy atom. The van der Waals surface area contributed by atoms with E-state index in [1.165, 1.54) is 0 Å². The molecule has 0 aromatic carbocycles. The Labute approximate surface area is 138 Å². The number of Topliss-reactive ketones (excluding diaryl/α,β-unsaturated/α-hetero) is 2. The number of allylic oxidation sites excluding steroid dienone is 4. The zero-order valence-corrected chi connectivity index (χ0v) is 15.2. The first-order chi connectivity index (χ1) is 10.7. The van der Waals surface area contributed by atoms with Gasteiger partial charge >= 0.3 is 0 Å². The standard InChI is InChI=1S/C18H28O5/c1-8-9-13(12(6)21-7)14-15(19)17(22-10(2)3)18(16(14)20)23-11(4)5/h10-11,14H,8-9H2,1-7H3/b13-12+. The fourth-order valence-electron chi connectivity index (χ4n) is 2.54. The number of ketones is 2. The van der Waals surface area contributed by atoms with Crippen LogP contribution in [0.25, 0.3) is 0 Å². The first-order valence-corrected chi connectivity index (χ1v) is 8.14. The van der Waals surface area contributed by atoms with Gasteiger partial charge in [0.2, 0.25) is 23.1 Å². The largest absolute Gasteiger partial charge is 0.501 e. The zero-order valence-electron chi connectivity index (χ0n) is 15.2. The van der Waals surface area contributed by atoms with E-state index in [0.29, 0.717) is 17.8 Å². The molecule has 0 aromatic rings. The van der Waals surface area contributed by atoms with Gasteiger partial charge in [-0.1, -0.05) is 13.3 Å². The molecule has 0 saturated heterocycles. The number of rotatable bonds is 8. The van der Waals surface area contributed by atoms with Crippen molar-refractivity contribution in [2.45, 2.75) is 66.6 Å². The van der Waals surface area contributed by atoms with Crippen molar-refractivity contribution in [2.75, 3.05) is 7.11 Å². The average Bonchev–Trinajstić information content (AvgIpc) is 2.68. The van der Waals surface area contributed by atoms with Gasteiger partial charge in [-0.15, -0.1) is 0 Å². The summed E-state index contributed by atoms with van der Waals surface area (Å²) in [7, 11) is 1.54. The summed E-state index contributed by atoms with van der Waals surface area (Å²) in [6.07, 6.45) is 1.00. The summed E-state index contributed by atoms with van der Waals surface area (Å²) >= 11 is 0. The fraction of sp³-hybridized carbons (Fsp3) is 0.667. The third-order valence-corrected chi connectivity index (χ3v) is 3.51. The second kappa shape index (κ2) is 8.18. The predicted octanol–water partition coefficient (Wildman–Crippen LogP) is 3.54. The molecule has 1 rings (SSSR count). The molecule has 0 aliphatic heterocycles. The maximum Gasteiger partial charge on any atom is 0.216 e. The lowest BCUT2D eigenvalue weighted by molar-refractivity contribution is -0.127. The Bertz CT molecular complexity index is 494. The van der Waals surface area contributed by atoms with Crippen LogP contribution in [0.15, 0.2) is 22.9 Å². The van der Waals surface area contributed by atoms with Gasteiger partial charge in [0.1, 0.15) is 5.92 Å². The van der Waals surface area contributed by atoms with E-state index < -0.39 is 5.92 Å². The van der Waals surface area contributed by atoms with E-state index in [9.17, 15) is 9.59 Å². The molecule has 0 aromatic heterocycles. The molecule has 130 valence electrons. The summed E-state index contributed by atoms with van der Waals surface area (Å²) in [6, 6.07) is 0. The van der Waals surface area contributed by atoms with Gasteiger partial charge in [0.15, 0.2) is 0 Å². The molecule has 0 bridgehead atoms. The first-order valence-electron chi connectivity index (χ1n) is 8.14. The third-order valence-electron chi connectivity index (χ3n) is 3.51. The monoisotopic (exact) mass is 324 g/mol. The highest BCUT2D eigenvalue weighted by Crippen LogP contribution is 2.36. The van der Waals surface area contributed by atoms with Crippen molar-refractivity contribution in [3.05, 3.63) is 22.9 Å². The zero-order chi connectivity index (χ0) is 17.7. The van der Waals surface area contributed by atoms with Crippen LogP contribution in [0.4, 0.5) is 0 Å². The lowest BCUT2D eigenvalue weighted by Crippen LogP contribution is -2.23. The highest BCUT2D eigenvalue weighted by molar-refractivity contribution is 6.24. The molecule has 0 fully saturated rings. The van der Waals surface area contributed by atoms with E-state index >= 15 is 0 Å². The van der Waals surface area contributed by atoms with E-state index in [4.69, 9.17) is 14.2 Å². The molecule has 0 N–H and O–H groups in total. The van der Waals surface area contributed by atoms with Crippen LogP contribution in [0.2, 0.25) is 0 Å². The lowest BCUT2D eigenvalue weighted by Gasteiger charge is -2.16. The number of carbonyl (C=O) groups is 2. The molecule has 0 unspecified atom stereocenters. The summed E-state index contributed by atoms with van der Waals surface area (Å²) in [5.41, 5.74) is 0.706. The second-order valence-electron chi connectivity index (χ2n) is 6.19. The molecule has 1 aliphatic carbocycles. The van der Waals surface area contributed by atoms with Crippen LogP contribution in [0.3, 0.4) is 0 Å². The minimum atomic E-state index is -0.891. The third kappa shape index (κ3) is 4.36. The Kier molecular flexibility index (Phi) is 6.85. The van der Waals surface area contributed by atoms with E-state index in [0.717, 1.165) is 6.42 Å². The van der Waals surface area contributed by atoms with E-state index in [-0.39, 0.29) is 35.3 Å². The van der Waals surface area contributed by atoms with Gasteiger partial charge < -0.3 is 14.2 Å². The van der Waals surface area contributed by atoms with Gasteiger partial charge in [0.25, 0.3) is 0 Å². The van der Waals surface area contributed by atoms with Crippen molar-refractivity contribution in [1.29, 1.82) is 0 Å². The van der Waals surface area contributed by atoms with Gasteiger partial charge in [-0.05, 0) is 46.6 Å². The van der Waals surface area contributed by atoms with Gasteiger partial charge in [-0.25, -0.2) is 0 Å². The van der Waals surface area contributed by atoms with Crippen LogP contribution in [0.1, 0.15) is 54.4 Å². The molecular weight excluding hydrogens is 296 g/mol. The van der Waals surface area contributed by atoms with E-state index in [1.54, 1.807) is 14.0 Å². The molecule has 0 heterocycles. The predicted molar refractivity (Wildman–Crippen MR) is 87.6 cm³/mol. The van der Waals surface area contributed by atoms with Gasteiger partial charge in [-0.2, -0.15) is 0 Å². The van der Waals surface area contributed by atoms with Crippen LogP contribution in [-0.4, -0.2) is 30.9 Å². The smallest absolute Gasteiger partial charge is 0.216 e. The maximum atomic E-state index is 12.8. The summed E-state index contributed by atoms with van der Waals surface area (Å²) in [5, 5.41) is 0. The van der Waals surface area contributed by atoms with Crippen LogP contribution >= 0.6 is 0 Å². The number of methoxy groups -OCH3 is 1. The van der Waals surface area contributed by atoms with Crippen molar-refractivity contribution in [2.24, 2.45) is 5.92 Å². The van der Waals surface area contributed by atoms with Crippen LogP contribution < -0.4 is 0 Å². The van der Waals surface area contributed by atoms with Gasteiger partial charge in [-0.3, -0.25) is 9.59 Å². The molecule has 5 nitrogen and oxygen atoms in total. The molecule has 23 heavy (non-hydrogen) atoms.